The van der Waals surface area contributed by atoms with E-state index in [9.17, 15) is 0 Å². The van der Waals surface area contributed by atoms with Crippen molar-refractivity contribution >= 4 is 5.57 Å². The van der Waals surface area contributed by atoms with Crippen molar-refractivity contribution in [2.45, 2.75) is 80.6 Å². The van der Waals surface area contributed by atoms with Crippen LogP contribution in [0.2, 0.25) is 0 Å². The van der Waals surface area contributed by atoms with Gasteiger partial charge in [0.15, 0.2) is 0 Å². The summed E-state index contributed by atoms with van der Waals surface area (Å²) in [7, 11) is 0. The number of benzene rings is 1. The predicted octanol–water partition coefficient (Wildman–Crippen LogP) is 8.52. The van der Waals surface area contributed by atoms with Gasteiger partial charge in [0.05, 0.1) is 0 Å². The van der Waals surface area contributed by atoms with Crippen LogP contribution in [0.25, 0.3) is 5.57 Å². The summed E-state index contributed by atoms with van der Waals surface area (Å²) in [6.07, 6.45) is 10.8. The highest BCUT2D eigenvalue weighted by Gasteiger charge is 2.20. The van der Waals surface area contributed by atoms with Gasteiger partial charge in [-0.25, -0.2) is 0 Å². The molecule has 0 bridgehead atoms. The molecule has 146 valence electrons. The van der Waals surface area contributed by atoms with Crippen LogP contribution in [-0.4, -0.2) is 0 Å². The highest BCUT2D eigenvalue weighted by atomic mass is 14.3. The third-order valence-corrected chi connectivity index (χ3v) is 5.84. The van der Waals surface area contributed by atoms with Crippen LogP contribution in [0.15, 0.2) is 59.2 Å². The summed E-state index contributed by atoms with van der Waals surface area (Å²) in [5.74, 6) is 0. The molecule has 0 amide bonds. The first-order valence-corrected chi connectivity index (χ1v) is 10.4. The Hall–Kier alpha value is -1.82. The van der Waals surface area contributed by atoms with Crippen molar-refractivity contribution < 1.29 is 0 Å². The van der Waals surface area contributed by atoms with E-state index < -0.39 is 0 Å². The summed E-state index contributed by atoms with van der Waals surface area (Å²) in [6, 6.07) is 6.80. The van der Waals surface area contributed by atoms with Crippen molar-refractivity contribution in [2.75, 3.05) is 0 Å². The van der Waals surface area contributed by atoms with Gasteiger partial charge in [0.1, 0.15) is 0 Å². The van der Waals surface area contributed by atoms with Gasteiger partial charge >= 0.3 is 0 Å². The SMILES string of the molecule is C=C(C)C1=CC=C(C(C)(C)C)C1.CC1=C(c2cc(C)ccc2C)CCCC1. The summed E-state index contributed by atoms with van der Waals surface area (Å²) in [5.41, 5.74) is 11.9. The minimum atomic E-state index is 0.313. The van der Waals surface area contributed by atoms with Crippen LogP contribution in [0.4, 0.5) is 0 Å². The fourth-order valence-corrected chi connectivity index (χ4v) is 3.81. The van der Waals surface area contributed by atoms with Gasteiger partial charge in [0.2, 0.25) is 0 Å². The molecule has 0 heterocycles. The van der Waals surface area contributed by atoms with E-state index in [0.29, 0.717) is 5.41 Å². The molecule has 0 saturated carbocycles. The Morgan fingerprint density at radius 1 is 0.963 bits per heavy atom. The second kappa shape index (κ2) is 8.91. The highest BCUT2D eigenvalue weighted by Crippen LogP contribution is 2.36. The molecule has 0 heteroatoms. The maximum absolute atomic E-state index is 3.95. The first-order valence-electron chi connectivity index (χ1n) is 10.4. The van der Waals surface area contributed by atoms with Gasteiger partial charge in [-0.05, 0) is 87.5 Å². The molecule has 0 fully saturated rings. The molecule has 1 aromatic rings. The molecule has 0 aromatic heterocycles. The molecule has 0 atom stereocenters. The summed E-state index contributed by atoms with van der Waals surface area (Å²) < 4.78 is 0. The third-order valence-electron chi connectivity index (χ3n) is 5.84. The fraction of sp³-hybridized carbons (Fsp3) is 0.481. The van der Waals surface area contributed by atoms with Crippen molar-refractivity contribution in [2.24, 2.45) is 5.41 Å². The summed E-state index contributed by atoms with van der Waals surface area (Å²) >= 11 is 0. The summed E-state index contributed by atoms with van der Waals surface area (Å²) in [4.78, 5) is 0. The van der Waals surface area contributed by atoms with Crippen LogP contribution < -0.4 is 0 Å². The molecule has 0 aliphatic heterocycles. The number of aryl methyl sites for hydroxylation is 2. The van der Waals surface area contributed by atoms with Gasteiger partial charge in [0.25, 0.3) is 0 Å². The van der Waals surface area contributed by atoms with Gasteiger partial charge in [-0.15, -0.1) is 0 Å². The Kier molecular flexibility index (Phi) is 7.09. The van der Waals surface area contributed by atoms with Crippen molar-refractivity contribution in [3.8, 4) is 0 Å². The standard InChI is InChI=1S/C15H20.C12H18/c1-11-8-9-13(3)15(10-11)14-7-5-4-6-12(14)2;1-9(2)10-6-7-11(8-10)12(3,4)5/h8-10H,4-7H2,1-3H3;6-7H,1,8H2,2-5H3. The lowest BCUT2D eigenvalue weighted by Gasteiger charge is -2.21. The monoisotopic (exact) mass is 362 g/mol. The topological polar surface area (TPSA) is 0 Å². The van der Waals surface area contributed by atoms with Crippen LogP contribution in [-0.2, 0) is 0 Å². The van der Waals surface area contributed by atoms with E-state index in [2.05, 4.69) is 85.4 Å². The fourth-order valence-electron chi connectivity index (χ4n) is 3.81. The molecule has 2 aliphatic carbocycles. The van der Waals surface area contributed by atoms with Gasteiger partial charge in [-0.1, -0.05) is 80.0 Å². The normalized spacial score (nSPS) is 17.1. The van der Waals surface area contributed by atoms with Crippen LogP contribution in [0.1, 0.15) is 83.4 Å². The van der Waals surface area contributed by atoms with E-state index in [-0.39, 0.29) is 0 Å². The Labute approximate surface area is 167 Å². The summed E-state index contributed by atoms with van der Waals surface area (Å²) in [6.45, 7) is 19.5. The zero-order valence-corrected chi connectivity index (χ0v) is 18.6. The van der Waals surface area contributed by atoms with Crippen LogP contribution in [0.5, 0.6) is 0 Å². The highest BCUT2D eigenvalue weighted by molar-refractivity contribution is 5.71. The van der Waals surface area contributed by atoms with E-state index in [0.717, 1.165) is 6.42 Å². The maximum atomic E-state index is 3.95. The van der Waals surface area contributed by atoms with Crippen LogP contribution in [0, 0.1) is 19.3 Å². The molecule has 3 rings (SSSR count). The van der Waals surface area contributed by atoms with E-state index in [1.54, 1.807) is 11.1 Å². The van der Waals surface area contributed by atoms with Crippen LogP contribution in [0.3, 0.4) is 0 Å². The first-order chi connectivity index (χ1) is 12.6. The van der Waals surface area contributed by atoms with Gasteiger partial charge < -0.3 is 0 Å². The van der Waals surface area contributed by atoms with Crippen LogP contribution >= 0.6 is 0 Å². The van der Waals surface area contributed by atoms with Gasteiger partial charge in [-0.2, -0.15) is 0 Å². The molecule has 0 N–H and O–H groups in total. The van der Waals surface area contributed by atoms with Crippen molar-refractivity contribution in [1.29, 1.82) is 0 Å². The number of hydrogen-bond acceptors (Lipinski definition) is 0. The lowest BCUT2D eigenvalue weighted by Crippen LogP contribution is -2.08. The van der Waals surface area contributed by atoms with Crippen molar-refractivity contribution in [3.05, 3.63) is 75.9 Å². The van der Waals surface area contributed by atoms with Crippen molar-refractivity contribution in [3.63, 3.8) is 0 Å². The van der Waals surface area contributed by atoms with E-state index in [4.69, 9.17) is 0 Å². The van der Waals surface area contributed by atoms with Crippen molar-refractivity contribution in [1.82, 2.24) is 0 Å². The largest absolute Gasteiger partial charge is 0.0958 e. The Morgan fingerprint density at radius 3 is 2.15 bits per heavy atom. The Balaban J connectivity index is 0.000000199. The average molecular weight is 363 g/mol. The predicted molar refractivity (Wildman–Crippen MR) is 122 cm³/mol. The molecule has 0 spiro atoms. The molecule has 1 aromatic carbocycles. The summed E-state index contributed by atoms with van der Waals surface area (Å²) in [5, 5.41) is 0. The van der Waals surface area contributed by atoms with E-state index >= 15 is 0 Å². The Bertz CT molecular complexity index is 788. The molecule has 27 heavy (non-hydrogen) atoms. The molecular formula is C27H38. The molecule has 0 nitrogen and oxygen atoms in total. The quantitative estimate of drug-likeness (QED) is 0.494. The first kappa shape index (κ1) is 21.5. The lowest BCUT2D eigenvalue weighted by molar-refractivity contribution is 0.495. The molecule has 0 unspecified atom stereocenters. The zero-order valence-electron chi connectivity index (χ0n) is 18.6. The number of allylic oxidation sites excluding steroid dienone is 7. The minimum absolute atomic E-state index is 0.313. The molecule has 0 saturated heterocycles. The second-order valence-corrected chi connectivity index (χ2v) is 9.38. The van der Waals surface area contributed by atoms with E-state index in [1.807, 2.05) is 0 Å². The third kappa shape index (κ3) is 5.83. The lowest BCUT2D eigenvalue weighted by atomic mass is 9.84. The Morgan fingerprint density at radius 2 is 1.63 bits per heavy atom. The number of rotatable bonds is 2. The molecular weight excluding hydrogens is 324 g/mol. The van der Waals surface area contributed by atoms with Gasteiger partial charge in [-0.3, -0.25) is 0 Å². The van der Waals surface area contributed by atoms with Gasteiger partial charge in [0, 0.05) is 0 Å². The zero-order chi connectivity index (χ0) is 20.2. The number of hydrogen-bond donors (Lipinski definition) is 0. The minimum Gasteiger partial charge on any atom is -0.0958 e. The smallest absolute Gasteiger partial charge is 0.00563 e. The maximum Gasteiger partial charge on any atom is -0.00563 e. The van der Waals surface area contributed by atoms with E-state index in [1.165, 1.54) is 59.1 Å². The molecule has 2 aliphatic rings. The molecule has 0 radical (unpaired) electrons. The second-order valence-electron chi connectivity index (χ2n) is 9.38. The average Bonchev–Trinajstić information content (AvgIpc) is 3.09.